The summed E-state index contributed by atoms with van der Waals surface area (Å²) in [6, 6.07) is 3.69. The SMILES string of the molecule is CCCCOc1c(Br)cc(/C=C2\SC(=S)N(CCC(=O)OCC)C2=O)cc1OC. The highest BCUT2D eigenvalue weighted by molar-refractivity contribution is 9.10. The van der Waals surface area contributed by atoms with Crippen LogP contribution >= 0.6 is 39.9 Å². The predicted molar refractivity (Wildman–Crippen MR) is 122 cm³/mol. The Morgan fingerprint density at radius 2 is 2.10 bits per heavy atom. The summed E-state index contributed by atoms with van der Waals surface area (Å²) in [4.78, 5) is 26.2. The van der Waals surface area contributed by atoms with E-state index in [0.717, 1.165) is 22.9 Å². The van der Waals surface area contributed by atoms with Gasteiger partial charge in [-0.25, -0.2) is 0 Å². The van der Waals surface area contributed by atoms with E-state index >= 15 is 0 Å². The molecule has 1 amide bonds. The molecule has 29 heavy (non-hydrogen) atoms. The van der Waals surface area contributed by atoms with Gasteiger partial charge in [0.25, 0.3) is 5.91 Å². The lowest BCUT2D eigenvalue weighted by Crippen LogP contribution is -2.30. The minimum absolute atomic E-state index is 0.108. The van der Waals surface area contributed by atoms with Gasteiger partial charge in [0.05, 0.1) is 36.1 Å². The smallest absolute Gasteiger partial charge is 0.307 e. The van der Waals surface area contributed by atoms with Crippen molar-refractivity contribution in [2.75, 3.05) is 26.9 Å². The van der Waals surface area contributed by atoms with Crippen molar-refractivity contribution in [1.29, 1.82) is 0 Å². The van der Waals surface area contributed by atoms with Gasteiger partial charge in [-0.3, -0.25) is 14.5 Å². The third kappa shape index (κ3) is 6.45. The van der Waals surface area contributed by atoms with Crippen LogP contribution in [0.3, 0.4) is 0 Å². The average molecular weight is 502 g/mol. The summed E-state index contributed by atoms with van der Waals surface area (Å²) in [6.45, 7) is 4.96. The van der Waals surface area contributed by atoms with Crippen molar-refractivity contribution in [3.8, 4) is 11.5 Å². The van der Waals surface area contributed by atoms with Crippen molar-refractivity contribution in [3.63, 3.8) is 0 Å². The molecule has 1 aromatic rings. The Morgan fingerprint density at radius 1 is 1.34 bits per heavy atom. The number of amides is 1. The number of rotatable bonds is 10. The number of benzene rings is 1. The number of halogens is 1. The number of ether oxygens (including phenoxy) is 3. The lowest BCUT2D eigenvalue weighted by Gasteiger charge is -2.14. The largest absolute Gasteiger partial charge is 0.493 e. The zero-order chi connectivity index (χ0) is 21.4. The molecular weight excluding hydrogens is 478 g/mol. The van der Waals surface area contributed by atoms with E-state index in [1.54, 1.807) is 20.1 Å². The maximum Gasteiger partial charge on any atom is 0.307 e. The van der Waals surface area contributed by atoms with Crippen LogP contribution in [0.4, 0.5) is 0 Å². The van der Waals surface area contributed by atoms with Gasteiger partial charge >= 0.3 is 5.97 Å². The monoisotopic (exact) mass is 501 g/mol. The maximum atomic E-state index is 12.7. The first-order chi connectivity index (χ1) is 13.9. The molecule has 158 valence electrons. The number of nitrogens with zero attached hydrogens (tertiary/aromatic N) is 1. The molecule has 1 aliphatic heterocycles. The Morgan fingerprint density at radius 3 is 2.76 bits per heavy atom. The van der Waals surface area contributed by atoms with Gasteiger partial charge in [-0.05, 0) is 53.0 Å². The number of carbonyl (C=O) groups excluding carboxylic acids is 2. The zero-order valence-corrected chi connectivity index (χ0v) is 19.9. The second-order valence-corrected chi connectivity index (χ2v) is 8.65. The first-order valence-corrected chi connectivity index (χ1v) is 11.3. The van der Waals surface area contributed by atoms with Crippen LogP contribution in [-0.4, -0.2) is 48.0 Å². The molecule has 0 unspecified atom stereocenters. The number of methoxy groups -OCH3 is 1. The number of esters is 1. The molecule has 1 aromatic carbocycles. The van der Waals surface area contributed by atoms with Crippen molar-refractivity contribution in [2.24, 2.45) is 0 Å². The topological polar surface area (TPSA) is 65.1 Å². The molecule has 1 aliphatic rings. The number of hydrogen-bond acceptors (Lipinski definition) is 7. The molecule has 9 heteroatoms. The summed E-state index contributed by atoms with van der Waals surface area (Å²) >= 11 is 10.0. The minimum atomic E-state index is -0.349. The molecule has 1 saturated heterocycles. The molecule has 2 rings (SSSR count). The molecule has 0 N–H and O–H groups in total. The molecule has 0 atom stereocenters. The molecule has 0 aliphatic carbocycles. The molecule has 0 bridgehead atoms. The highest BCUT2D eigenvalue weighted by atomic mass is 79.9. The number of carbonyl (C=O) groups is 2. The second-order valence-electron chi connectivity index (χ2n) is 6.12. The third-order valence-electron chi connectivity index (χ3n) is 4.01. The van der Waals surface area contributed by atoms with Crippen LogP contribution in [0.25, 0.3) is 6.08 Å². The number of thiocarbonyl (C=S) groups is 1. The van der Waals surface area contributed by atoms with E-state index in [9.17, 15) is 9.59 Å². The van der Waals surface area contributed by atoms with Crippen LogP contribution in [0.5, 0.6) is 11.5 Å². The Kier molecular flexibility index (Phi) is 9.45. The highest BCUT2D eigenvalue weighted by Gasteiger charge is 2.32. The van der Waals surface area contributed by atoms with Crippen LogP contribution in [0, 0.1) is 0 Å². The van der Waals surface area contributed by atoms with E-state index in [4.69, 9.17) is 26.4 Å². The van der Waals surface area contributed by atoms with Gasteiger partial charge in [-0.2, -0.15) is 0 Å². The highest BCUT2D eigenvalue weighted by Crippen LogP contribution is 2.39. The van der Waals surface area contributed by atoms with Crippen LogP contribution < -0.4 is 9.47 Å². The van der Waals surface area contributed by atoms with E-state index < -0.39 is 0 Å². The maximum absolute atomic E-state index is 12.7. The van der Waals surface area contributed by atoms with E-state index in [-0.39, 0.29) is 24.8 Å². The summed E-state index contributed by atoms with van der Waals surface area (Å²) in [5.41, 5.74) is 0.780. The first-order valence-electron chi connectivity index (χ1n) is 9.32. The molecule has 1 heterocycles. The number of unbranched alkanes of at least 4 members (excludes halogenated alkanes) is 1. The first kappa shape index (κ1) is 23.7. The normalized spacial score (nSPS) is 15.2. The summed E-state index contributed by atoms with van der Waals surface area (Å²) < 4.78 is 17.4. The Labute approximate surface area is 189 Å². The fourth-order valence-corrected chi connectivity index (χ4v) is 4.44. The van der Waals surface area contributed by atoms with Crippen molar-refractivity contribution in [2.45, 2.75) is 33.1 Å². The van der Waals surface area contributed by atoms with Gasteiger partial charge in [0.1, 0.15) is 4.32 Å². The van der Waals surface area contributed by atoms with Crippen molar-refractivity contribution in [1.82, 2.24) is 4.90 Å². The fraction of sp³-hybridized carbons (Fsp3) is 0.450. The fourth-order valence-electron chi connectivity index (χ4n) is 2.56. The van der Waals surface area contributed by atoms with Gasteiger partial charge in [-0.15, -0.1) is 0 Å². The van der Waals surface area contributed by atoms with E-state index in [0.29, 0.717) is 33.9 Å². The lowest BCUT2D eigenvalue weighted by molar-refractivity contribution is -0.143. The molecule has 1 fully saturated rings. The van der Waals surface area contributed by atoms with Crippen LogP contribution in [0.2, 0.25) is 0 Å². The summed E-state index contributed by atoms with van der Waals surface area (Å²) in [5.74, 6) is 0.653. The van der Waals surface area contributed by atoms with E-state index in [2.05, 4.69) is 22.9 Å². The summed E-state index contributed by atoms with van der Waals surface area (Å²) in [7, 11) is 1.58. The predicted octanol–water partition coefficient (Wildman–Crippen LogP) is 4.79. The van der Waals surface area contributed by atoms with Crippen molar-refractivity contribution >= 4 is 62.2 Å². The van der Waals surface area contributed by atoms with Crippen LogP contribution in [0.1, 0.15) is 38.7 Å². The molecular formula is C20H24BrNO5S2. The van der Waals surface area contributed by atoms with Crippen LogP contribution in [0.15, 0.2) is 21.5 Å². The Bertz CT molecular complexity index is 812. The van der Waals surface area contributed by atoms with E-state index in [1.807, 2.05) is 12.1 Å². The van der Waals surface area contributed by atoms with Gasteiger partial charge < -0.3 is 14.2 Å². The average Bonchev–Trinajstić information content (AvgIpc) is 2.94. The quantitative estimate of drug-likeness (QED) is 0.197. The molecule has 0 radical (unpaired) electrons. The minimum Gasteiger partial charge on any atom is -0.493 e. The molecule has 0 aromatic heterocycles. The van der Waals surface area contributed by atoms with Gasteiger partial charge in [0.2, 0.25) is 0 Å². The standard InChI is InChI=1S/C20H24BrNO5S2/c1-4-6-9-27-18-14(21)10-13(11-15(18)25-3)12-16-19(24)22(20(28)29-16)8-7-17(23)26-5-2/h10-12H,4-9H2,1-3H3/b16-12-. The van der Waals surface area contributed by atoms with E-state index in [1.165, 1.54) is 16.7 Å². The summed E-state index contributed by atoms with van der Waals surface area (Å²) in [6.07, 6.45) is 3.85. The lowest BCUT2D eigenvalue weighted by atomic mass is 10.2. The Balaban J connectivity index is 2.16. The molecule has 0 spiro atoms. The summed E-state index contributed by atoms with van der Waals surface area (Å²) in [5, 5.41) is 0. The number of thioether (sulfide) groups is 1. The van der Waals surface area contributed by atoms with Gasteiger partial charge in [0.15, 0.2) is 11.5 Å². The molecule has 0 saturated carbocycles. The van der Waals surface area contributed by atoms with Crippen molar-refractivity contribution in [3.05, 3.63) is 27.1 Å². The second kappa shape index (κ2) is 11.6. The van der Waals surface area contributed by atoms with Gasteiger partial charge in [0, 0.05) is 6.54 Å². The zero-order valence-electron chi connectivity index (χ0n) is 16.7. The number of hydrogen-bond donors (Lipinski definition) is 0. The Hall–Kier alpha value is -1.58. The van der Waals surface area contributed by atoms with Gasteiger partial charge in [-0.1, -0.05) is 37.3 Å². The molecule has 6 nitrogen and oxygen atoms in total. The van der Waals surface area contributed by atoms with Crippen molar-refractivity contribution < 1.29 is 23.8 Å². The third-order valence-corrected chi connectivity index (χ3v) is 5.98. The van der Waals surface area contributed by atoms with Crippen LogP contribution in [-0.2, 0) is 14.3 Å².